The second kappa shape index (κ2) is 4.06. The van der Waals surface area contributed by atoms with Gasteiger partial charge in [0.15, 0.2) is 0 Å². The van der Waals surface area contributed by atoms with E-state index in [0.717, 1.165) is 11.7 Å². The quantitative estimate of drug-likeness (QED) is 0.802. The van der Waals surface area contributed by atoms with E-state index in [2.05, 4.69) is 26.8 Å². The Kier molecular flexibility index (Phi) is 2.60. The molecule has 0 atom stereocenters. The number of nitrogens with two attached hydrogens (primary N) is 1. The summed E-state index contributed by atoms with van der Waals surface area (Å²) in [5, 5.41) is 3.90. The molecule has 0 saturated carbocycles. The van der Waals surface area contributed by atoms with Gasteiger partial charge in [-0.3, -0.25) is 0 Å². The molecule has 1 aromatic heterocycles. The van der Waals surface area contributed by atoms with E-state index in [9.17, 15) is 0 Å². The first-order valence-electron chi connectivity index (χ1n) is 4.21. The van der Waals surface area contributed by atoms with Crippen molar-refractivity contribution in [2.24, 2.45) is 0 Å². The first-order chi connectivity index (χ1) is 6.84. The van der Waals surface area contributed by atoms with Gasteiger partial charge < -0.3 is 11.1 Å². The fourth-order valence-corrected chi connectivity index (χ4v) is 1.57. The van der Waals surface area contributed by atoms with Gasteiger partial charge in [-0.2, -0.15) is 9.36 Å². The Hall–Kier alpha value is -1.62. The highest BCUT2D eigenvalue weighted by molar-refractivity contribution is 7.09. The summed E-state index contributed by atoms with van der Waals surface area (Å²) in [6, 6.07) is 10.1. The summed E-state index contributed by atoms with van der Waals surface area (Å²) < 4.78 is 3.87. The molecule has 3 N–H and O–H groups in total. The van der Waals surface area contributed by atoms with E-state index in [1.807, 2.05) is 18.2 Å². The largest absolute Gasteiger partial charge is 0.367 e. The molecule has 4 nitrogen and oxygen atoms in total. The van der Waals surface area contributed by atoms with Crippen LogP contribution in [0, 0.1) is 0 Å². The maximum Gasteiger partial charge on any atom is 0.233 e. The van der Waals surface area contributed by atoms with E-state index in [0.29, 0.717) is 5.95 Å². The van der Waals surface area contributed by atoms with Gasteiger partial charge in [-0.15, -0.1) is 0 Å². The van der Waals surface area contributed by atoms with Crippen LogP contribution in [0.2, 0.25) is 0 Å². The molecule has 0 aliphatic rings. The molecule has 0 aliphatic carbocycles. The first kappa shape index (κ1) is 8.96. The van der Waals surface area contributed by atoms with Gasteiger partial charge >= 0.3 is 0 Å². The van der Waals surface area contributed by atoms with Crippen LogP contribution in [0.4, 0.5) is 11.1 Å². The SMILES string of the molecule is Nc1nsc(NCc2ccccc2)n1. The van der Waals surface area contributed by atoms with Crippen LogP contribution >= 0.6 is 11.5 Å². The lowest BCUT2D eigenvalue weighted by molar-refractivity contribution is 1.13. The lowest BCUT2D eigenvalue weighted by atomic mass is 10.2. The fraction of sp³-hybridized carbons (Fsp3) is 0.111. The molecule has 0 bridgehead atoms. The average molecular weight is 206 g/mol. The summed E-state index contributed by atoms with van der Waals surface area (Å²) in [5.74, 6) is 0.325. The molecular weight excluding hydrogens is 196 g/mol. The van der Waals surface area contributed by atoms with Crippen LogP contribution in [0.15, 0.2) is 30.3 Å². The number of aromatic nitrogens is 2. The topological polar surface area (TPSA) is 63.8 Å². The highest BCUT2D eigenvalue weighted by Gasteiger charge is 1.98. The molecule has 72 valence electrons. The van der Waals surface area contributed by atoms with Crippen LogP contribution in [0.1, 0.15) is 5.56 Å². The molecule has 0 aliphatic heterocycles. The molecule has 2 aromatic rings. The molecule has 0 saturated heterocycles. The molecule has 1 heterocycles. The molecule has 5 heteroatoms. The van der Waals surface area contributed by atoms with Crippen molar-refractivity contribution in [1.29, 1.82) is 0 Å². The van der Waals surface area contributed by atoms with E-state index < -0.39 is 0 Å². The molecule has 0 radical (unpaired) electrons. The summed E-state index contributed by atoms with van der Waals surface area (Å²) in [7, 11) is 0. The van der Waals surface area contributed by atoms with Crippen molar-refractivity contribution in [3.63, 3.8) is 0 Å². The molecule has 0 amide bonds. The van der Waals surface area contributed by atoms with Gasteiger partial charge in [-0.05, 0) is 5.56 Å². The number of nitrogens with zero attached hydrogens (tertiary/aromatic N) is 2. The zero-order valence-electron chi connectivity index (χ0n) is 7.47. The number of nitrogens with one attached hydrogen (secondary N) is 1. The minimum absolute atomic E-state index is 0.325. The van der Waals surface area contributed by atoms with Crippen molar-refractivity contribution in [3.05, 3.63) is 35.9 Å². The van der Waals surface area contributed by atoms with Gasteiger partial charge in [-0.1, -0.05) is 30.3 Å². The summed E-state index contributed by atoms with van der Waals surface area (Å²) >= 11 is 1.27. The number of anilines is 2. The fourth-order valence-electron chi connectivity index (χ4n) is 1.08. The van der Waals surface area contributed by atoms with Crippen LogP contribution in [0.3, 0.4) is 0 Å². The van der Waals surface area contributed by atoms with E-state index in [-0.39, 0.29) is 0 Å². The molecule has 2 rings (SSSR count). The van der Waals surface area contributed by atoms with Crippen LogP contribution in [-0.4, -0.2) is 9.36 Å². The Morgan fingerprint density at radius 1 is 1.29 bits per heavy atom. The maximum atomic E-state index is 5.40. The normalized spacial score (nSPS) is 10.0. The number of benzene rings is 1. The van der Waals surface area contributed by atoms with E-state index >= 15 is 0 Å². The summed E-state index contributed by atoms with van der Waals surface area (Å²) in [5.41, 5.74) is 6.61. The number of rotatable bonds is 3. The van der Waals surface area contributed by atoms with Gasteiger partial charge in [0, 0.05) is 18.1 Å². The summed E-state index contributed by atoms with van der Waals surface area (Å²) in [4.78, 5) is 4.00. The monoisotopic (exact) mass is 206 g/mol. The lowest BCUT2D eigenvalue weighted by Gasteiger charge is -2.00. The Bertz CT molecular complexity index is 398. The van der Waals surface area contributed by atoms with Gasteiger partial charge in [0.2, 0.25) is 11.1 Å². The highest BCUT2D eigenvalue weighted by Crippen LogP contribution is 2.12. The van der Waals surface area contributed by atoms with Gasteiger partial charge in [0.25, 0.3) is 0 Å². The van der Waals surface area contributed by atoms with E-state index in [1.165, 1.54) is 17.1 Å². The van der Waals surface area contributed by atoms with E-state index in [1.54, 1.807) is 0 Å². The zero-order valence-corrected chi connectivity index (χ0v) is 8.29. The van der Waals surface area contributed by atoms with Crippen LogP contribution < -0.4 is 11.1 Å². The molecule has 1 aromatic carbocycles. The Balaban J connectivity index is 1.95. The zero-order chi connectivity index (χ0) is 9.80. The average Bonchev–Trinajstić information content (AvgIpc) is 2.63. The van der Waals surface area contributed by atoms with E-state index in [4.69, 9.17) is 5.73 Å². The minimum atomic E-state index is 0.325. The third kappa shape index (κ3) is 2.20. The smallest absolute Gasteiger partial charge is 0.233 e. The predicted molar refractivity (Wildman–Crippen MR) is 58.1 cm³/mol. The van der Waals surface area contributed by atoms with Crippen molar-refractivity contribution in [3.8, 4) is 0 Å². The standard InChI is InChI=1S/C9H10N4S/c10-8-12-9(14-13-8)11-6-7-4-2-1-3-5-7/h1-5H,6H2,(H3,10,11,12,13). The number of hydrogen-bond donors (Lipinski definition) is 2. The summed E-state index contributed by atoms with van der Waals surface area (Å²) in [6.07, 6.45) is 0. The van der Waals surface area contributed by atoms with Crippen LogP contribution in [0.5, 0.6) is 0 Å². The predicted octanol–water partition coefficient (Wildman–Crippen LogP) is 1.73. The third-order valence-corrected chi connectivity index (χ3v) is 2.42. The lowest BCUT2D eigenvalue weighted by Crippen LogP contribution is -1.98. The second-order valence-electron chi connectivity index (χ2n) is 2.80. The van der Waals surface area contributed by atoms with Crippen LogP contribution in [-0.2, 0) is 6.54 Å². The van der Waals surface area contributed by atoms with Crippen molar-refractivity contribution >= 4 is 22.6 Å². The van der Waals surface area contributed by atoms with Crippen molar-refractivity contribution in [2.75, 3.05) is 11.1 Å². The summed E-state index contributed by atoms with van der Waals surface area (Å²) in [6.45, 7) is 0.746. The number of nitrogen functional groups attached to an aromatic ring is 1. The Labute approximate surface area is 86.0 Å². The van der Waals surface area contributed by atoms with Crippen molar-refractivity contribution < 1.29 is 0 Å². The minimum Gasteiger partial charge on any atom is -0.367 e. The first-order valence-corrected chi connectivity index (χ1v) is 4.99. The Morgan fingerprint density at radius 3 is 2.71 bits per heavy atom. The van der Waals surface area contributed by atoms with Gasteiger partial charge in [-0.25, -0.2) is 0 Å². The van der Waals surface area contributed by atoms with Crippen LogP contribution in [0.25, 0.3) is 0 Å². The second-order valence-corrected chi connectivity index (χ2v) is 3.55. The van der Waals surface area contributed by atoms with Crippen molar-refractivity contribution in [1.82, 2.24) is 9.36 Å². The molecule has 0 fully saturated rings. The molecular formula is C9H10N4S. The maximum absolute atomic E-state index is 5.40. The number of hydrogen-bond acceptors (Lipinski definition) is 5. The third-order valence-electron chi connectivity index (χ3n) is 1.73. The van der Waals surface area contributed by atoms with Gasteiger partial charge in [0.05, 0.1) is 0 Å². The highest BCUT2D eigenvalue weighted by atomic mass is 32.1. The Morgan fingerprint density at radius 2 is 2.07 bits per heavy atom. The molecule has 0 unspecified atom stereocenters. The van der Waals surface area contributed by atoms with Crippen molar-refractivity contribution in [2.45, 2.75) is 6.54 Å². The van der Waals surface area contributed by atoms with Gasteiger partial charge in [0.1, 0.15) is 0 Å². The molecule has 14 heavy (non-hydrogen) atoms. The molecule has 0 spiro atoms.